The Kier molecular flexibility index (Phi) is 5.22. The van der Waals surface area contributed by atoms with Crippen LogP contribution in [0.1, 0.15) is 0 Å². The quantitative estimate of drug-likeness (QED) is 0.422. The molecule has 0 radical (unpaired) electrons. The number of carbonyl (C=O) groups is 1. The Morgan fingerprint density at radius 2 is 1.78 bits per heavy atom. The van der Waals surface area contributed by atoms with Crippen LogP contribution in [0.25, 0.3) is 22.2 Å². The number of thioether (sulfide) groups is 1. The minimum absolute atomic E-state index is 0.129. The zero-order chi connectivity index (χ0) is 18.6. The van der Waals surface area contributed by atoms with Crippen molar-refractivity contribution in [3.05, 3.63) is 71.2 Å². The van der Waals surface area contributed by atoms with Crippen LogP contribution in [0.5, 0.6) is 0 Å². The fourth-order valence-electron chi connectivity index (χ4n) is 2.60. The molecule has 4 rings (SSSR count). The monoisotopic (exact) mass is 439 g/mol. The average molecular weight is 440 g/mol. The van der Waals surface area contributed by atoms with Gasteiger partial charge in [-0.25, -0.2) is 0 Å². The van der Waals surface area contributed by atoms with E-state index in [1.165, 1.54) is 11.8 Å². The van der Waals surface area contributed by atoms with Crippen LogP contribution in [0.4, 0.5) is 5.69 Å². The summed E-state index contributed by atoms with van der Waals surface area (Å²) in [5, 5.41) is 13.5. The lowest BCUT2D eigenvalue weighted by molar-refractivity contribution is -0.113. The minimum Gasteiger partial charge on any atom is -0.411 e. The van der Waals surface area contributed by atoms with Crippen LogP contribution in [0.15, 0.2) is 80.8 Å². The molecule has 0 saturated carbocycles. The number of fused-ring (bicyclic) bond motifs is 1. The van der Waals surface area contributed by atoms with Gasteiger partial charge in [0.2, 0.25) is 11.8 Å². The molecule has 1 amide bonds. The second-order valence-corrected chi connectivity index (χ2v) is 7.53. The molecule has 1 heterocycles. The Morgan fingerprint density at radius 1 is 1.00 bits per heavy atom. The van der Waals surface area contributed by atoms with Crippen molar-refractivity contribution in [3.8, 4) is 11.5 Å². The molecule has 134 valence electrons. The molecule has 5 nitrogen and oxygen atoms in total. The van der Waals surface area contributed by atoms with Gasteiger partial charge in [-0.05, 0) is 51.0 Å². The van der Waals surface area contributed by atoms with Gasteiger partial charge in [0.15, 0.2) is 0 Å². The van der Waals surface area contributed by atoms with Gasteiger partial charge in [-0.1, -0.05) is 54.2 Å². The van der Waals surface area contributed by atoms with Crippen LogP contribution < -0.4 is 5.32 Å². The summed E-state index contributed by atoms with van der Waals surface area (Å²) < 4.78 is 6.51. The molecule has 1 aromatic heterocycles. The molecule has 27 heavy (non-hydrogen) atoms. The summed E-state index contributed by atoms with van der Waals surface area (Å²) in [6.07, 6.45) is 0. The molecule has 4 aromatic rings. The summed E-state index contributed by atoms with van der Waals surface area (Å²) >= 11 is 4.67. The summed E-state index contributed by atoms with van der Waals surface area (Å²) in [7, 11) is 0. The molecule has 0 aliphatic heterocycles. The Hall–Kier alpha value is -2.64. The number of nitrogens with one attached hydrogen (secondary N) is 1. The molecule has 0 saturated heterocycles. The zero-order valence-electron chi connectivity index (χ0n) is 14.1. The zero-order valence-corrected chi connectivity index (χ0v) is 16.5. The van der Waals surface area contributed by atoms with E-state index in [0.29, 0.717) is 11.1 Å². The summed E-state index contributed by atoms with van der Waals surface area (Å²) in [5.74, 6) is 0.473. The maximum absolute atomic E-state index is 12.2. The lowest BCUT2D eigenvalue weighted by Crippen LogP contribution is -2.13. The number of nitrogens with zero attached hydrogens (tertiary/aromatic N) is 2. The number of aromatic nitrogens is 2. The van der Waals surface area contributed by atoms with E-state index in [4.69, 9.17) is 4.42 Å². The Morgan fingerprint density at radius 3 is 2.63 bits per heavy atom. The highest BCUT2D eigenvalue weighted by molar-refractivity contribution is 9.10. The predicted octanol–water partition coefficient (Wildman–Crippen LogP) is 5.38. The normalized spacial score (nSPS) is 10.9. The predicted molar refractivity (Wildman–Crippen MR) is 111 cm³/mol. The molecule has 3 aromatic carbocycles. The molecule has 7 heteroatoms. The number of hydrogen-bond donors (Lipinski definition) is 1. The van der Waals surface area contributed by atoms with E-state index in [-0.39, 0.29) is 11.7 Å². The highest BCUT2D eigenvalue weighted by Gasteiger charge is 2.13. The average Bonchev–Trinajstić information content (AvgIpc) is 3.15. The highest BCUT2D eigenvalue weighted by Crippen LogP contribution is 2.29. The van der Waals surface area contributed by atoms with E-state index in [1.807, 2.05) is 66.7 Å². The van der Waals surface area contributed by atoms with Crippen LogP contribution >= 0.6 is 27.7 Å². The molecule has 0 atom stereocenters. The van der Waals surface area contributed by atoms with Crippen LogP contribution in [0.2, 0.25) is 0 Å². The first-order valence-electron chi connectivity index (χ1n) is 8.19. The van der Waals surface area contributed by atoms with E-state index >= 15 is 0 Å². The molecule has 0 aliphatic carbocycles. The molecular weight excluding hydrogens is 426 g/mol. The third-order valence-corrected chi connectivity index (χ3v) is 5.38. The fourth-order valence-corrected chi connectivity index (χ4v) is 3.62. The lowest BCUT2D eigenvalue weighted by Gasteiger charge is -2.05. The van der Waals surface area contributed by atoms with Crippen molar-refractivity contribution < 1.29 is 9.21 Å². The third-order valence-electron chi connectivity index (χ3n) is 3.87. The number of halogens is 1. The first kappa shape index (κ1) is 17.8. The van der Waals surface area contributed by atoms with Crippen LogP contribution in [0, 0.1) is 0 Å². The highest BCUT2D eigenvalue weighted by atomic mass is 79.9. The van der Waals surface area contributed by atoms with Gasteiger partial charge in [-0.2, -0.15) is 0 Å². The van der Waals surface area contributed by atoms with Gasteiger partial charge in [0.1, 0.15) is 0 Å². The lowest BCUT2D eigenvalue weighted by atomic mass is 10.1. The van der Waals surface area contributed by atoms with Crippen molar-refractivity contribution in [2.24, 2.45) is 0 Å². The summed E-state index contributed by atoms with van der Waals surface area (Å²) in [6.45, 7) is 0. The van der Waals surface area contributed by atoms with Crippen molar-refractivity contribution in [1.29, 1.82) is 0 Å². The molecule has 1 N–H and O–H groups in total. The first-order valence-corrected chi connectivity index (χ1v) is 9.97. The molecule has 0 aliphatic rings. The Labute approximate surface area is 168 Å². The molecule has 0 bridgehead atoms. The third kappa shape index (κ3) is 4.20. The second kappa shape index (κ2) is 7.94. The van der Waals surface area contributed by atoms with Crippen molar-refractivity contribution in [2.45, 2.75) is 5.22 Å². The number of hydrogen-bond acceptors (Lipinski definition) is 5. The van der Waals surface area contributed by atoms with Crippen molar-refractivity contribution in [1.82, 2.24) is 10.2 Å². The van der Waals surface area contributed by atoms with Crippen molar-refractivity contribution >= 4 is 50.1 Å². The number of benzene rings is 3. The van der Waals surface area contributed by atoms with E-state index in [1.54, 1.807) is 0 Å². The van der Waals surface area contributed by atoms with E-state index in [0.717, 1.165) is 26.5 Å². The van der Waals surface area contributed by atoms with Gasteiger partial charge in [0.25, 0.3) is 5.22 Å². The second-order valence-electron chi connectivity index (χ2n) is 5.75. The summed E-state index contributed by atoms with van der Waals surface area (Å²) in [4.78, 5) is 12.2. The smallest absolute Gasteiger partial charge is 0.277 e. The van der Waals surface area contributed by atoms with Crippen LogP contribution in [-0.4, -0.2) is 21.9 Å². The number of anilines is 1. The van der Waals surface area contributed by atoms with Crippen LogP contribution in [-0.2, 0) is 4.79 Å². The fraction of sp³-hybridized carbons (Fsp3) is 0.0500. The van der Waals surface area contributed by atoms with E-state index < -0.39 is 0 Å². The number of amides is 1. The Balaban J connectivity index is 1.38. The van der Waals surface area contributed by atoms with Gasteiger partial charge < -0.3 is 9.73 Å². The van der Waals surface area contributed by atoms with Crippen molar-refractivity contribution in [2.75, 3.05) is 11.1 Å². The van der Waals surface area contributed by atoms with Gasteiger partial charge in [-0.3, -0.25) is 4.79 Å². The maximum atomic E-state index is 12.2. The van der Waals surface area contributed by atoms with Gasteiger partial charge in [0.05, 0.1) is 11.3 Å². The molecule has 0 unspecified atom stereocenters. The Bertz CT molecular complexity index is 1110. The van der Waals surface area contributed by atoms with E-state index in [2.05, 4.69) is 31.4 Å². The number of rotatable bonds is 5. The van der Waals surface area contributed by atoms with E-state index in [9.17, 15) is 4.79 Å². The van der Waals surface area contributed by atoms with Gasteiger partial charge in [-0.15, -0.1) is 10.2 Å². The first-order chi connectivity index (χ1) is 13.2. The maximum Gasteiger partial charge on any atom is 0.277 e. The molecule has 0 fully saturated rings. The minimum atomic E-state index is -0.129. The topological polar surface area (TPSA) is 68.0 Å². The molecule has 0 spiro atoms. The largest absolute Gasteiger partial charge is 0.411 e. The van der Waals surface area contributed by atoms with Crippen molar-refractivity contribution in [3.63, 3.8) is 0 Å². The molecular formula is C20H14BrN3O2S. The van der Waals surface area contributed by atoms with Crippen LogP contribution in [0.3, 0.4) is 0 Å². The van der Waals surface area contributed by atoms with Gasteiger partial charge in [0, 0.05) is 10.2 Å². The summed E-state index contributed by atoms with van der Waals surface area (Å²) in [5.41, 5.74) is 1.58. The number of carbonyl (C=O) groups excluding carboxylic acids is 1. The summed E-state index contributed by atoms with van der Waals surface area (Å²) in [6, 6.07) is 21.5. The standard InChI is InChI=1S/C20H14BrN3O2S/c21-17-8-4-3-7-16(17)19-23-24-20(26-19)27-12-18(25)22-15-10-9-13-5-1-2-6-14(13)11-15/h1-11H,12H2,(H,22,25). The van der Waals surface area contributed by atoms with Gasteiger partial charge >= 0.3 is 0 Å². The SMILES string of the molecule is O=C(CSc1nnc(-c2ccccc2Br)o1)Nc1ccc2ccccc2c1.